The monoisotopic (exact) mass is 246 g/mol. The Morgan fingerprint density at radius 1 is 1.33 bits per heavy atom. The van der Waals surface area contributed by atoms with Crippen LogP contribution in [0.5, 0.6) is 0 Å². The number of pyridine rings is 1. The van der Waals surface area contributed by atoms with Crippen LogP contribution in [-0.2, 0) is 4.79 Å². The van der Waals surface area contributed by atoms with Gasteiger partial charge in [0.15, 0.2) is 0 Å². The van der Waals surface area contributed by atoms with Gasteiger partial charge in [0.2, 0.25) is 0 Å². The van der Waals surface area contributed by atoms with Crippen molar-refractivity contribution < 1.29 is 14.4 Å². The Morgan fingerprint density at radius 3 is 2.83 bits per heavy atom. The second kappa shape index (κ2) is 4.40. The van der Waals surface area contributed by atoms with E-state index in [9.17, 15) is 4.79 Å². The first-order valence-corrected chi connectivity index (χ1v) is 6.19. The van der Waals surface area contributed by atoms with Gasteiger partial charge in [-0.1, -0.05) is 5.16 Å². The molecule has 0 unspecified atom stereocenters. The summed E-state index contributed by atoms with van der Waals surface area (Å²) in [4.78, 5) is 15.0. The molecule has 1 aliphatic rings. The van der Waals surface area contributed by atoms with Crippen LogP contribution >= 0.6 is 0 Å². The maximum Gasteiger partial charge on any atom is 0.306 e. The maximum absolute atomic E-state index is 10.9. The molecule has 18 heavy (non-hydrogen) atoms. The largest absolute Gasteiger partial charge is 0.481 e. The average molecular weight is 246 g/mol. The van der Waals surface area contributed by atoms with Gasteiger partial charge in [-0.15, -0.1) is 0 Å². The highest BCUT2D eigenvalue weighted by Crippen LogP contribution is 2.37. The van der Waals surface area contributed by atoms with Gasteiger partial charge in [-0.25, -0.2) is 4.98 Å². The third-order valence-electron chi connectivity index (χ3n) is 3.74. The summed E-state index contributed by atoms with van der Waals surface area (Å²) in [5.41, 5.74) is 1.50. The highest BCUT2D eigenvalue weighted by molar-refractivity contribution is 5.76. The number of nitrogens with zero attached hydrogens (tertiary/aromatic N) is 2. The van der Waals surface area contributed by atoms with Gasteiger partial charge in [0.1, 0.15) is 0 Å². The van der Waals surface area contributed by atoms with Gasteiger partial charge in [-0.2, -0.15) is 0 Å². The molecule has 0 saturated heterocycles. The lowest BCUT2D eigenvalue weighted by molar-refractivity contribution is -0.142. The van der Waals surface area contributed by atoms with Crippen molar-refractivity contribution in [2.45, 2.75) is 31.6 Å². The smallest absolute Gasteiger partial charge is 0.306 e. The molecular formula is C13H14N2O3. The van der Waals surface area contributed by atoms with Crippen molar-refractivity contribution >= 4 is 17.1 Å². The number of hydrogen-bond donors (Lipinski definition) is 1. The van der Waals surface area contributed by atoms with E-state index in [2.05, 4.69) is 10.1 Å². The van der Waals surface area contributed by atoms with E-state index >= 15 is 0 Å². The number of carboxylic acid groups (broad SMARTS) is 1. The lowest BCUT2D eigenvalue weighted by Gasteiger charge is -2.24. The standard InChI is InChI=1S/C13H14N2O3/c16-13(17)9-5-3-8(4-6-9)11-10-2-1-7-14-12(10)18-15-11/h1-2,7-9H,3-6H2,(H,16,17). The van der Waals surface area contributed by atoms with E-state index in [0.29, 0.717) is 24.5 Å². The predicted molar refractivity (Wildman–Crippen MR) is 64.1 cm³/mol. The van der Waals surface area contributed by atoms with Crippen molar-refractivity contribution in [3.05, 3.63) is 24.0 Å². The summed E-state index contributed by atoms with van der Waals surface area (Å²) in [5.74, 6) is -0.580. The maximum atomic E-state index is 10.9. The zero-order chi connectivity index (χ0) is 12.5. The van der Waals surface area contributed by atoms with Crippen LogP contribution in [0.3, 0.4) is 0 Å². The van der Waals surface area contributed by atoms with E-state index in [4.69, 9.17) is 9.63 Å². The fourth-order valence-corrected chi connectivity index (χ4v) is 2.71. The third-order valence-corrected chi connectivity index (χ3v) is 3.74. The van der Waals surface area contributed by atoms with E-state index in [1.165, 1.54) is 0 Å². The van der Waals surface area contributed by atoms with E-state index in [-0.39, 0.29) is 5.92 Å². The molecule has 1 saturated carbocycles. The lowest BCUT2D eigenvalue weighted by atomic mass is 9.80. The molecule has 1 N–H and O–H groups in total. The number of carbonyl (C=O) groups is 1. The highest BCUT2D eigenvalue weighted by atomic mass is 16.5. The third kappa shape index (κ3) is 1.85. The van der Waals surface area contributed by atoms with E-state index in [1.807, 2.05) is 12.1 Å². The van der Waals surface area contributed by atoms with Crippen molar-refractivity contribution in [3.8, 4) is 0 Å². The van der Waals surface area contributed by atoms with Crippen molar-refractivity contribution in [3.63, 3.8) is 0 Å². The van der Waals surface area contributed by atoms with Gasteiger partial charge in [-0.05, 0) is 37.8 Å². The number of hydrogen-bond acceptors (Lipinski definition) is 4. The molecule has 2 aromatic heterocycles. The molecule has 2 aromatic rings. The molecule has 5 heteroatoms. The van der Waals surface area contributed by atoms with E-state index in [0.717, 1.165) is 23.9 Å². The molecule has 0 spiro atoms. The van der Waals surface area contributed by atoms with Crippen LogP contribution in [0, 0.1) is 5.92 Å². The van der Waals surface area contributed by atoms with E-state index in [1.54, 1.807) is 6.20 Å². The summed E-state index contributed by atoms with van der Waals surface area (Å²) in [7, 11) is 0. The predicted octanol–water partition coefficient (Wildman–Crippen LogP) is 2.58. The molecule has 0 aliphatic heterocycles. The zero-order valence-electron chi connectivity index (χ0n) is 9.87. The number of fused-ring (bicyclic) bond motifs is 1. The number of rotatable bonds is 2. The topological polar surface area (TPSA) is 76.2 Å². The molecular weight excluding hydrogens is 232 g/mol. The van der Waals surface area contributed by atoms with Crippen LogP contribution in [0.2, 0.25) is 0 Å². The lowest BCUT2D eigenvalue weighted by Crippen LogP contribution is -2.20. The zero-order valence-corrected chi connectivity index (χ0v) is 9.87. The Morgan fingerprint density at radius 2 is 2.11 bits per heavy atom. The Labute approximate surface area is 104 Å². The summed E-state index contributed by atoms with van der Waals surface area (Å²) in [6, 6.07) is 3.82. The molecule has 0 aromatic carbocycles. The van der Waals surface area contributed by atoms with Crippen LogP contribution in [0.15, 0.2) is 22.9 Å². The van der Waals surface area contributed by atoms with Gasteiger partial charge >= 0.3 is 5.97 Å². The SMILES string of the molecule is O=C(O)C1CCC(c2noc3ncccc23)CC1. The first kappa shape index (κ1) is 11.2. The van der Waals surface area contributed by atoms with Crippen molar-refractivity contribution in [1.29, 1.82) is 0 Å². The first-order chi connectivity index (χ1) is 8.75. The summed E-state index contributed by atoms with van der Waals surface area (Å²) in [5, 5.41) is 14.0. The summed E-state index contributed by atoms with van der Waals surface area (Å²) in [6.45, 7) is 0. The van der Waals surface area contributed by atoms with Crippen molar-refractivity contribution in [1.82, 2.24) is 10.1 Å². The molecule has 3 rings (SSSR count). The molecule has 0 amide bonds. The second-order valence-corrected chi connectivity index (χ2v) is 4.81. The molecule has 2 heterocycles. The van der Waals surface area contributed by atoms with Crippen molar-refractivity contribution in [2.75, 3.05) is 0 Å². The highest BCUT2D eigenvalue weighted by Gasteiger charge is 2.29. The Bertz CT molecular complexity index is 570. The molecule has 0 bridgehead atoms. The van der Waals surface area contributed by atoms with Gasteiger partial charge in [0.25, 0.3) is 5.71 Å². The Kier molecular flexibility index (Phi) is 2.74. The quantitative estimate of drug-likeness (QED) is 0.881. The van der Waals surface area contributed by atoms with Gasteiger partial charge < -0.3 is 9.63 Å². The average Bonchev–Trinajstić information content (AvgIpc) is 2.82. The van der Waals surface area contributed by atoms with Gasteiger partial charge in [0, 0.05) is 12.1 Å². The minimum absolute atomic E-state index is 0.197. The van der Waals surface area contributed by atoms with Crippen molar-refractivity contribution in [2.24, 2.45) is 5.92 Å². The van der Waals surface area contributed by atoms with E-state index < -0.39 is 5.97 Å². The van der Waals surface area contributed by atoms with Crippen LogP contribution < -0.4 is 0 Å². The minimum Gasteiger partial charge on any atom is -0.481 e. The fraction of sp³-hybridized carbons (Fsp3) is 0.462. The molecule has 0 atom stereocenters. The van der Waals surface area contributed by atoms with Gasteiger partial charge in [-0.3, -0.25) is 4.79 Å². The summed E-state index contributed by atoms with van der Waals surface area (Å²) < 4.78 is 5.20. The molecule has 1 fully saturated rings. The summed E-state index contributed by atoms with van der Waals surface area (Å²) >= 11 is 0. The second-order valence-electron chi connectivity index (χ2n) is 4.81. The molecule has 1 aliphatic carbocycles. The fourth-order valence-electron chi connectivity index (χ4n) is 2.71. The Hall–Kier alpha value is -1.91. The molecule has 94 valence electrons. The number of carboxylic acids is 1. The number of aliphatic carboxylic acids is 1. The Balaban J connectivity index is 1.82. The van der Waals surface area contributed by atoms with Crippen LogP contribution in [0.25, 0.3) is 11.1 Å². The molecule has 5 nitrogen and oxygen atoms in total. The minimum atomic E-state index is -0.680. The van der Waals surface area contributed by atoms with Crippen LogP contribution in [0.1, 0.15) is 37.3 Å². The normalized spacial score (nSPS) is 24.2. The van der Waals surface area contributed by atoms with Crippen LogP contribution in [-0.4, -0.2) is 21.2 Å². The molecule has 0 radical (unpaired) electrons. The number of aromatic nitrogens is 2. The van der Waals surface area contributed by atoms with Gasteiger partial charge in [0.05, 0.1) is 17.0 Å². The summed E-state index contributed by atoms with van der Waals surface area (Å²) in [6.07, 6.45) is 4.82. The first-order valence-electron chi connectivity index (χ1n) is 6.19. The van der Waals surface area contributed by atoms with Crippen LogP contribution in [0.4, 0.5) is 0 Å².